The first-order chi connectivity index (χ1) is 13.4. The summed E-state index contributed by atoms with van der Waals surface area (Å²) in [7, 11) is 0. The smallest absolute Gasteiger partial charge is 0.308 e. The largest absolute Gasteiger partial charge is 0.455 e. The molecule has 0 aliphatic rings. The molecule has 2 amide bonds. The van der Waals surface area contributed by atoms with Gasteiger partial charge in [-0.25, -0.2) is 0 Å². The van der Waals surface area contributed by atoms with Gasteiger partial charge in [-0.1, -0.05) is 55.5 Å². The molecule has 0 unspecified atom stereocenters. The second-order valence-electron chi connectivity index (χ2n) is 6.54. The van der Waals surface area contributed by atoms with E-state index in [1.807, 2.05) is 62.4 Å². The van der Waals surface area contributed by atoms with Crippen molar-refractivity contribution in [3.8, 4) is 0 Å². The number of aryl methyl sites for hydroxylation is 2. The first-order valence-corrected chi connectivity index (χ1v) is 9.26. The Morgan fingerprint density at radius 1 is 1.04 bits per heavy atom. The van der Waals surface area contributed by atoms with Gasteiger partial charge < -0.3 is 15.4 Å². The molecular formula is C22H26N2O4. The van der Waals surface area contributed by atoms with E-state index in [-0.39, 0.29) is 18.9 Å². The van der Waals surface area contributed by atoms with Gasteiger partial charge >= 0.3 is 5.97 Å². The van der Waals surface area contributed by atoms with Gasteiger partial charge in [0.15, 0.2) is 6.61 Å². The lowest BCUT2D eigenvalue weighted by Gasteiger charge is -2.18. The minimum Gasteiger partial charge on any atom is -0.455 e. The van der Waals surface area contributed by atoms with Crippen LogP contribution >= 0.6 is 0 Å². The number of rotatable bonds is 8. The van der Waals surface area contributed by atoms with Crippen LogP contribution in [-0.2, 0) is 25.5 Å². The van der Waals surface area contributed by atoms with Crippen LogP contribution in [0.15, 0.2) is 48.5 Å². The molecule has 0 saturated carbocycles. The first kappa shape index (κ1) is 21.2. The normalized spacial score (nSPS) is 11.4. The quantitative estimate of drug-likeness (QED) is 0.686. The Hall–Kier alpha value is -3.15. The molecule has 2 N–H and O–H groups in total. The number of esters is 1. The summed E-state index contributed by atoms with van der Waals surface area (Å²) in [6.45, 7) is 4.94. The van der Waals surface area contributed by atoms with E-state index >= 15 is 0 Å². The van der Waals surface area contributed by atoms with Crippen molar-refractivity contribution in [3.63, 3.8) is 0 Å². The Kier molecular flexibility index (Phi) is 7.75. The maximum Gasteiger partial charge on any atom is 0.308 e. The van der Waals surface area contributed by atoms with Crippen LogP contribution in [0.2, 0.25) is 0 Å². The molecule has 0 fully saturated rings. The van der Waals surface area contributed by atoms with Gasteiger partial charge in [-0.05, 0) is 30.0 Å². The summed E-state index contributed by atoms with van der Waals surface area (Å²) in [4.78, 5) is 35.9. The van der Waals surface area contributed by atoms with Crippen molar-refractivity contribution in [1.82, 2.24) is 5.32 Å². The van der Waals surface area contributed by atoms with Gasteiger partial charge in [0.25, 0.3) is 5.91 Å². The highest BCUT2D eigenvalue weighted by molar-refractivity contribution is 5.94. The van der Waals surface area contributed by atoms with Crippen molar-refractivity contribution in [3.05, 3.63) is 65.2 Å². The number of para-hydroxylation sites is 1. The Balaban J connectivity index is 1.93. The van der Waals surface area contributed by atoms with Crippen LogP contribution in [0.25, 0.3) is 0 Å². The van der Waals surface area contributed by atoms with Crippen LogP contribution < -0.4 is 10.6 Å². The summed E-state index contributed by atoms with van der Waals surface area (Å²) in [5.74, 6) is -1.20. The fraction of sp³-hybridized carbons (Fsp3) is 0.318. The van der Waals surface area contributed by atoms with Gasteiger partial charge in [-0.3, -0.25) is 14.4 Å². The predicted molar refractivity (Wildman–Crippen MR) is 108 cm³/mol. The van der Waals surface area contributed by atoms with Crippen LogP contribution in [0.1, 0.15) is 43.0 Å². The number of benzene rings is 2. The summed E-state index contributed by atoms with van der Waals surface area (Å²) < 4.78 is 5.12. The molecule has 0 aliphatic heterocycles. The topological polar surface area (TPSA) is 84.5 Å². The van der Waals surface area contributed by atoms with Crippen molar-refractivity contribution >= 4 is 23.5 Å². The molecule has 0 heterocycles. The molecule has 0 aliphatic carbocycles. The molecule has 0 radical (unpaired) electrons. The van der Waals surface area contributed by atoms with Gasteiger partial charge in [-0.2, -0.15) is 0 Å². The minimum absolute atomic E-state index is 0.0541. The van der Waals surface area contributed by atoms with E-state index in [1.165, 1.54) is 6.92 Å². The molecule has 0 saturated heterocycles. The number of hydrogen-bond acceptors (Lipinski definition) is 4. The fourth-order valence-corrected chi connectivity index (χ4v) is 2.93. The van der Waals surface area contributed by atoms with Crippen LogP contribution in [0.3, 0.4) is 0 Å². The van der Waals surface area contributed by atoms with Crippen molar-refractivity contribution < 1.29 is 19.1 Å². The molecule has 1 atom stereocenters. The summed E-state index contributed by atoms with van der Waals surface area (Å²) in [6, 6.07) is 14.5. The molecule has 2 rings (SSSR count). The summed E-state index contributed by atoms with van der Waals surface area (Å²) >= 11 is 0. The zero-order chi connectivity index (χ0) is 20.5. The summed E-state index contributed by atoms with van der Waals surface area (Å²) in [5.41, 5.74) is 3.53. The first-order valence-electron chi connectivity index (χ1n) is 9.26. The predicted octanol–water partition coefficient (Wildman–Crippen LogP) is 3.31. The van der Waals surface area contributed by atoms with E-state index in [2.05, 4.69) is 10.6 Å². The number of carbonyl (C=O) groups excluding carboxylic acids is 3. The number of nitrogens with one attached hydrogen (secondary N) is 2. The van der Waals surface area contributed by atoms with Crippen molar-refractivity contribution in [1.29, 1.82) is 0 Å². The van der Waals surface area contributed by atoms with E-state index in [4.69, 9.17) is 4.74 Å². The Labute approximate surface area is 165 Å². The maximum atomic E-state index is 12.2. The molecule has 6 nitrogen and oxygen atoms in total. The molecule has 148 valence electrons. The van der Waals surface area contributed by atoms with Crippen molar-refractivity contribution in [2.45, 2.75) is 39.7 Å². The van der Waals surface area contributed by atoms with Gasteiger partial charge in [0.05, 0.1) is 12.5 Å². The number of ether oxygens (including phenoxy) is 1. The Morgan fingerprint density at radius 2 is 1.75 bits per heavy atom. The van der Waals surface area contributed by atoms with Crippen LogP contribution in [0, 0.1) is 6.92 Å². The molecule has 2 aromatic rings. The highest BCUT2D eigenvalue weighted by Crippen LogP contribution is 2.21. The molecule has 6 heteroatoms. The lowest BCUT2D eigenvalue weighted by Crippen LogP contribution is -2.29. The third-order valence-corrected chi connectivity index (χ3v) is 4.32. The number of amides is 2. The van der Waals surface area contributed by atoms with Crippen LogP contribution in [0.5, 0.6) is 0 Å². The van der Waals surface area contributed by atoms with Crippen molar-refractivity contribution in [2.75, 3.05) is 11.9 Å². The molecular weight excluding hydrogens is 356 g/mol. The molecule has 2 aromatic carbocycles. The van der Waals surface area contributed by atoms with Crippen molar-refractivity contribution in [2.24, 2.45) is 0 Å². The van der Waals surface area contributed by atoms with E-state index in [0.29, 0.717) is 0 Å². The van der Waals surface area contributed by atoms with E-state index in [0.717, 1.165) is 28.8 Å². The minimum atomic E-state index is -0.557. The Morgan fingerprint density at radius 3 is 2.39 bits per heavy atom. The zero-order valence-electron chi connectivity index (χ0n) is 16.5. The highest BCUT2D eigenvalue weighted by atomic mass is 16.5. The standard InChI is InChI=1S/C22H26N2O4/c1-4-17-12-8-9-15(2)22(17)24-20(26)14-28-21(27)13-19(23-16(3)25)18-10-6-5-7-11-18/h5-12,19H,4,13-14H2,1-3H3,(H,23,25)(H,24,26)/t19-/m1/s1. The van der Waals surface area contributed by atoms with E-state index in [1.54, 1.807) is 0 Å². The number of anilines is 1. The maximum absolute atomic E-state index is 12.2. The van der Waals surface area contributed by atoms with Crippen LogP contribution in [-0.4, -0.2) is 24.4 Å². The number of carbonyl (C=O) groups is 3. The molecule has 0 aromatic heterocycles. The van der Waals surface area contributed by atoms with Gasteiger partial charge in [-0.15, -0.1) is 0 Å². The van der Waals surface area contributed by atoms with E-state index < -0.39 is 17.9 Å². The lowest BCUT2D eigenvalue weighted by molar-refractivity contribution is -0.148. The summed E-state index contributed by atoms with van der Waals surface area (Å²) in [6.07, 6.45) is 0.730. The third kappa shape index (κ3) is 6.23. The van der Waals surface area contributed by atoms with Crippen LogP contribution in [0.4, 0.5) is 5.69 Å². The third-order valence-electron chi connectivity index (χ3n) is 4.32. The second-order valence-corrected chi connectivity index (χ2v) is 6.54. The lowest BCUT2D eigenvalue weighted by atomic mass is 10.0. The average Bonchev–Trinajstić information content (AvgIpc) is 2.68. The summed E-state index contributed by atoms with van der Waals surface area (Å²) in [5, 5.41) is 5.55. The Bertz CT molecular complexity index is 834. The highest BCUT2D eigenvalue weighted by Gasteiger charge is 2.19. The average molecular weight is 382 g/mol. The zero-order valence-corrected chi connectivity index (χ0v) is 16.5. The van der Waals surface area contributed by atoms with E-state index in [9.17, 15) is 14.4 Å². The monoisotopic (exact) mass is 382 g/mol. The second kappa shape index (κ2) is 10.3. The molecule has 0 bridgehead atoms. The van der Waals surface area contributed by atoms with Gasteiger partial charge in [0.2, 0.25) is 5.91 Å². The fourth-order valence-electron chi connectivity index (χ4n) is 2.93. The molecule has 28 heavy (non-hydrogen) atoms. The SMILES string of the molecule is CCc1cccc(C)c1NC(=O)COC(=O)C[C@@H](NC(C)=O)c1ccccc1. The van der Waals surface area contributed by atoms with Gasteiger partial charge in [0, 0.05) is 12.6 Å². The molecule has 0 spiro atoms. The number of hydrogen-bond donors (Lipinski definition) is 2. The van der Waals surface area contributed by atoms with Gasteiger partial charge in [0.1, 0.15) is 0 Å².